The monoisotopic (exact) mass is 646 g/mol. The number of rotatable bonds is 3. The smallest absolute Gasteiger partial charge is 0.135 e. The summed E-state index contributed by atoms with van der Waals surface area (Å²) in [4.78, 5) is 0. The van der Waals surface area contributed by atoms with E-state index in [1.54, 1.807) is 0 Å². The van der Waals surface area contributed by atoms with Gasteiger partial charge in [0.05, 0.1) is 0 Å². The summed E-state index contributed by atoms with van der Waals surface area (Å²) in [5.74, 6) is 0. The van der Waals surface area contributed by atoms with Gasteiger partial charge >= 0.3 is 0 Å². The van der Waals surface area contributed by atoms with Crippen molar-refractivity contribution in [1.82, 2.24) is 0 Å². The quantitative estimate of drug-likeness (QED) is 0.174. The molecule has 51 heavy (non-hydrogen) atoms. The van der Waals surface area contributed by atoms with Crippen molar-refractivity contribution in [3.05, 3.63) is 182 Å². The molecule has 0 fully saturated rings. The van der Waals surface area contributed by atoms with Gasteiger partial charge in [-0.2, -0.15) is 0 Å². The van der Waals surface area contributed by atoms with Gasteiger partial charge in [0.1, 0.15) is 11.2 Å². The first-order valence-electron chi connectivity index (χ1n) is 17.6. The molecule has 1 heterocycles. The van der Waals surface area contributed by atoms with Crippen molar-refractivity contribution < 1.29 is 4.42 Å². The number of hydrogen-bond donors (Lipinski definition) is 0. The van der Waals surface area contributed by atoms with E-state index in [0.717, 1.165) is 21.9 Å². The summed E-state index contributed by atoms with van der Waals surface area (Å²) in [6.07, 6.45) is 0. The fraction of sp³-hybridized carbons (Fsp3) is 0. The van der Waals surface area contributed by atoms with Crippen LogP contribution in [0, 0.1) is 0 Å². The second kappa shape index (κ2) is 10.9. The Labute approximate surface area is 294 Å². The molecule has 10 aromatic carbocycles. The van der Waals surface area contributed by atoms with Crippen molar-refractivity contribution in [3.8, 4) is 33.4 Å². The Morgan fingerprint density at radius 1 is 0.255 bits per heavy atom. The molecular formula is C50H30O. The molecule has 0 saturated carbocycles. The van der Waals surface area contributed by atoms with Gasteiger partial charge in [-0.15, -0.1) is 0 Å². The van der Waals surface area contributed by atoms with Crippen LogP contribution in [0.3, 0.4) is 0 Å². The van der Waals surface area contributed by atoms with E-state index >= 15 is 0 Å². The van der Waals surface area contributed by atoms with Crippen LogP contribution < -0.4 is 0 Å². The van der Waals surface area contributed by atoms with Crippen molar-refractivity contribution >= 4 is 75.8 Å². The molecule has 0 spiro atoms. The molecule has 0 atom stereocenters. The average molecular weight is 647 g/mol. The van der Waals surface area contributed by atoms with E-state index in [-0.39, 0.29) is 0 Å². The van der Waals surface area contributed by atoms with Gasteiger partial charge in [0.25, 0.3) is 0 Å². The molecule has 11 rings (SSSR count). The van der Waals surface area contributed by atoms with Gasteiger partial charge in [-0.25, -0.2) is 0 Å². The highest BCUT2D eigenvalue weighted by atomic mass is 16.3. The molecule has 0 amide bonds. The third kappa shape index (κ3) is 4.49. The maximum atomic E-state index is 6.31. The van der Waals surface area contributed by atoms with Crippen LogP contribution in [0.4, 0.5) is 0 Å². The lowest BCUT2D eigenvalue weighted by molar-refractivity contribution is 0.669. The van der Waals surface area contributed by atoms with E-state index in [9.17, 15) is 0 Å². The minimum atomic E-state index is 0.908. The van der Waals surface area contributed by atoms with Crippen LogP contribution in [0.15, 0.2) is 186 Å². The zero-order valence-corrected chi connectivity index (χ0v) is 27.7. The minimum Gasteiger partial charge on any atom is -0.456 e. The van der Waals surface area contributed by atoms with Crippen LogP contribution in [-0.2, 0) is 0 Å². The van der Waals surface area contributed by atoms with Crippen LogP contribution in [0.5, 0.6) is 0 Å². The van der Waals surface area contributed by atoms with Gasteiger partial charge in [-0.1, -0.05) is 133 Å². The Morgan fingerprint density at radius 2 is 0.706 bits per heavy atom. The topological polar surface area (TPSA) is 13.1 Å². The van der Waals surface area contributed by atoms with Gasteiger partial charge in [0.15, 0.2) is 0 Å². The first-order chi connectivity index (χ1) is 25.2. The van der Waals surface area contributed by atoms with Crippen molar-refractivity contribution in [2.75, 3.05) is 0 Å². The Kier molecular flexibility index (Phi) is 6.02. The lowest BCUT2D eigenvalue weighted by Gasteiger charge is -2.14. The predicted octanol–water partition coefficient (Wildman–Crippen LogP) is 14.4. The number of benzene rings is 10. The van der Waals surface area contributed by atoms with Crippen molar-refractivity contribution in [1.29, 1.82) is 0 Å². The minimum absolute atomic E-state index is 0.908. The highest BCUT2D eigenvalue weighted by Crippen LogP contribution is 2.40. The molecule has 1 nitrogen and oxygen atoms in total. The zero-order valence-electron chi connectivity index (χ0n) is 27.7. The molecule has 0 aliphatic rings. The fourth-order valence-corrected chi connectivity index (χ4v) is 8.22. The molecular weight excluding hydrogens is 617 g/mol. The van der Waals surface area contributed by atoms with Crippen molar-refractivity contribution in [2.24, 2.45) is 0 Å². The van der Waals surface area contributed by atoms with Crippen LogP contribution in [-0.4, -0.2) is 0 Å². The Balaban J connectivity index is 0.994. The molecule has 0 bridgehead atoms. The van der Waals surface area contributed by atoms with Crippen molar-refractivity contribution in [2.45, 2.75) is 0 Å². The van der Waals surface area contributed by atoms with E-state index in [2.05, 4.69) is 182 Å². The molecule has 0 aliphatic carbocycles. The van der Waals surface area contributed by atoms with Gasteiger partial charge in [0, 0.05) is 10.8 Å². The van der Waals surface area contributed by atoms with E-state index in [4.69, 9.17) is 4.42 Å². The van der Waals surface area contributed by atoms with Crippen molar-refractivity contribution in [3.63, 3.8) is 0 Å². The second-order valence-electron chi connectivity index (χ2n) is 13.7. The second-order valence-corrected chi connectivity index (χ2v) is 13.7. The first-order valence-corrected chi connectivity index (χ1v) is 17.6. The molecule has 0 saturated heterocycles. The molecule has 1 aromatic heterocycles. The Hall–Kier alpha value is -6.70. The molecule has 0 N–H and O–H groups in total. The van der Waals surface area contributed by atoms with Gasteiger partial charge < -0.3 is 4.42 Å². The van der Waals surface area contributed by atoms with E-state index < -0.39 is 0 Å². The third-order valence-corrected chi connectivity index (χ3v) is 10.8. The first kappa shape index (κ1) is 28.2. The Morgan fingerprint density at radius 3 is 1.41 bits per heavy atom. The summed E-state index contributed by atoms with van der Waals surface area (Å²) in [5, 5.41) is 15.0. The van der Waals surface area contributed by atoms with Crippen LogP contribution >= 0.6 is 0 Å². The lowest BCUT2D eigenvalue weighted by atomic mass is 9.90. The lowest BCUT2D eigenvalue weighted by Crippen LogP contribution is -1.87. The number of furan rings is 1. The highest BCUT2D eigenvalue weighted by Gasteiger charge is 2.14. The average Bonchev–Trinajstić information content (AvgIpc) is 3.57. The molecule has 0 radical (unpaired) electrons. The SMILES string of the molecule is c1ccc2cc(-c3ccc4oc5ccc(-c6ccc7cc(-c8cc9ccc%10ccccc%10c9c9ccccc89)ccc7c6)cc5c4c3)ccc2c1. The van der Waals surface area contributed by atoms with E-state index in [1.807, 2.05) is 0 Å². The molecule has 236 valence electrons. The highest BCUT2D eigenvalue weighted by molar-refractivity contribution is 6.23. The largest absolute Gasteiger partial charge is 0.456 e. The summed E-state index contributed by atoms with van der Waals surface area (Å²) in [5.41, 5.74) is 9.09. The zero-order chi connectivity index (χ0) is 33.5. The normalized spacial score (nSPS) is 11.9. The molecule has 11 aromatic rings. The molecule has 1 heteroatoms. The maximum absolute atomic E-state index is 6.31. The summed E-state index contributed by atoms with van der Waals surface area (Å²) in [6.45, 7) is 0. The summed E-state index contributed by atoms with van der Waals surface area (Å²) < 4.78 is 6.31. The number of hydrogen-bond acceptors (Lipinski definition) is 1. The summed E-state index contributed by atoms with van der Waals surface area (Å²) in [7, 11) is 0. The molecule has 0 unspecified atom stereocenters. The molecule has 0 aliphatic heterocycles. The van der Waals surface area contributed by atoms with Crippen LogP contribution in [0.1, 0.15) is 0 Å². The number of fused-ring (bicyclic) bond motifs is 10. The standard InChI is InChI=1S/C50H30O/c1-2-9-33-25-35(15-13-31(33)7-1)38-21-23-48-46(28-38)47-29-39(22-24-49(47)51-48)36-16-17-37-27-40(19-18-34(37)26-36)45-30-41-20-14-32-8-3-4-10-42(32)50(41)44-12-6-5-11-43(44)45/h1-30H. The maximum Gasteiger partial charge on any atom is 0.135 e. The summed E-state index contributed by atoms with van der Waals surface area (Å²) in [6, 6.07) is 66.5. The fourth-order valence-electron chi connectivity index (χ4n) is 8.22. The van der Waals surface area contributed by atoms with Gasteiger partial charge in [-0.05, 0) is 136 Å². The Bertz CT molecular complexity index is 3200. The van der Waals surface area contributed by atoms with Gasteiger partial charge in [0.2, 0.25) is 0 Å². The van der Waals surface area contributed by atoms with Crippen LogP contribution in [0.2, 0.25) is 0 Å². The third-order valence-electron chi connectivity index (χ3n) is 10.8. The summed E-state index contributed by atoms with van der Waals surface area (Å²) >= 11 is 0. The van der Waals surface area contributed by atoms with Gasteiger partial charge in [-0.3, -0.25) is 0 Å². The van der Waals surface area contributed by atoms with E-state index in [0.29, 0.717) is 0 Å². The predicted molar refractivity (Wildman–Crippen MR) is 218 cm³/mol. The van der Waals surface area contributed by atoms with E-state index in [1.165, 1.54) is 87.2 Å². The van der Waals surface area contributed by atoms with Crippen LogP contribution in [0.25, 0.3) is 109 Å².